The van der Waals surface area contributed by atoms with Gasteiger partial charge in [0.25, 0.3) is 0 Å². The number of hydrogen-bond donors (Lipinski definition) is 1. The molecule has 0 aliphatic rings. The highest BCUT2D eigenvalue weighted by molar-refractivity contribution is 7.81. The molecule has 2 aromatic rings. The third-order valence-corrected chi connectivity index (χ3v) is 3.26. The number of rotatable bonds is 4. The molecule has 0 aliphatic carbocycles. The van der Waals surface area contributed by atoms with Crippen molar-refractivity contribution in [1.82, 2.24) is 0 Å². The monoisotopic (exact) mass is 364 g/mol. The summed E-state index contributed by atoms with van der Waals surface area (Å²) < 4.78 is 37.3. The summed E-state index contributed by atoms with van der Waals surface area (Å²) in [6.45, 7) is 0. The first-order chi connectivity index (χ1) is 10.2. The van der Waals surface area contributed by atoms with Gasteiger partial charge in [-0.2, -0.15) is 18.6 Å². The van der Waals surface area contributed by atoms with Gasteiger partial charge in [-0.1, -0.05) is 33.2 Å². The van der Waals surface area contributed by atoms with Crippen LogP contribution in [0.5, 0.6) is 11.5 Å². The Hall–Kier alpha value is -1.90. The molecule has 2 rings (SSSR count). The number of phenols is 1. The largest absolute Gasteiger partial charge is 0.505 e. The SMILES string of the molecule is O=S(=O)(F)Oc1cccc(/N=N/c2cc(Cl)c(O)c(Cl)c2)c1. The highest BCUT2D eigenvalue weighted by Gasteiger charge is 2.10. The first kappa shape index (κ1) is 16.5. The fraction of sp³-hybridized carbons (Fsp3) is 0. The zero-order valence-corrected chi connectivity index (χ0v) is 12.9. The van der Waals surface area contributed by atoms with E-state index in [9.17, 15) is 17.4 Å². The van der Waals surface area contributed by atoms with Gasteiger partial charge in [0.15, 0.2) is 5.75 Å². The first-order valence-corrected chi connectivity index (χ1v) is 7.65. The number of nitrogens with zero attached hydrogens (tertiary/aromatic N) is 2. The van der Waals surface area contributed by atoms with Crippen LogP contribution >= 0.6 is 23.2 Å². The maximum absolute atomic E-state index is 12.4. The van der Waals surface area contributed by atoms with E-state index in [2.05, 4.69) is 14.4 Å². The second kappa shape index (κ2) is 6.47. The Bertz CT molecular complexity index is 820. The van der Waals surface area contributed by atoms with E-state index in [0.717, 1.165) is 0 Å². The molecule has 0 amide bonds. The second-order valence-electron chi connectivity index (χ2n) is 3.93. The van der Waals surface area contributed by atoms with E-state index in [1.807, 2.05) is 0 Å². The quantitative estimate of drug-likeness (QED) is 0.628. The van der Waals surface area contributed by atoms with E-state index < -0.39 is 10.5 Å². The molecule has 0 spiro atoms. The average molecular weight is 365 g/mol. The lowest BCUT2D eigenvalue weighted by Crippen LogP contribution is -2.00. The lowest BCUT2D eigenvalue weighted by atomic mass is 10.3. The summed E-state index contributed by atoms with van der Waals surface area (Å²) >= 11 is 11.5. The minimum Gasteiger partial charge on any atom is -0.505 e. The Labute approximate surface area is 135 Å². The lowest BCUT2D eigenvalue weighted by Gasteiger charge is -2.01. The molecule has 0 aromatic heterocycles. The van der Waals surface area contributed by atoms with E-state index in [-0.39, 0.29) is 32.9 Å². The van der Waals surface area contributed by atoms with Crippen LogP contribution in [0.4, 0.5) is 15.3 Å². The van der Waals surface area contributed by atoms with Crippen molar-refractivity contribution < 1.29 is 21.6 Å². The van der Waals surface area contributed by atoms with Crippen LogP contribution < -0.4 is 4.18 Å². The molecule has 2 aromatic carbocycles. The lowest BCUT2D eigenvalue weighted by molar-refractivity contribution is 0.440. The van der Waals surface area contributed by atoms with Gasteiger partial charge in [0.05, 0.1) is 21.4 Å². The predicted molar refractivity (Wildman–Crippen MR) is 79.4 cm³/mol. The van der Waals surface area contributed by atoms with E-state index in [1.54, 1.807) is 0 Å². The van der Waals surface area contributed by atoms with Crippen molar-refractivity contribution in [1.29, 1.82) is 0 Å². The highest BCUT2D eigenvalue weighted by Crippen LogP contribution is 2.36. The Morgan fingerprint density at radius 1 is 1.05 bits per heavy atom. The molecule has 0 saturated carbocycles. The molecular weight excluding hydrogens is 358 g/mol. The van der Waals surface area contributed by atoms with Crippen molar-refractivity contribution >= 4 is 45.1 Å². The van der Waals surface area contributed by atoms with E-state index >= 15 is 0 Å². The van der Waals surface area contributed by atoms with Crippen molar-refractivity contribution in [3.8, 4) is 11.5 Å². The third-order valence-electron chi connectivity index (χ3n) is 2.30. The number of aromatic hydroxyl groups is 1. The Morgan fingerprint density at radius 2 is 1.64 bits per heavy atom. The number of phenolic OH excluding ortho intramolecular Hbond substituents is 1. The summed E-state index contributed by atoms with van der Waals surface area (Å²) in [7, 11) is -5.11. The molecule has 0 unspecified atom stereocenters. The van der Waals surface area contributed by atoms with Gasteiger partial charge >= 0.3 is 10.5 Å². The van der Waals surface area contributed by atoms with Crippen molar-refractivity contribution in [3.05, 3.63) is 46.4 Å². The molecule has 0 aliphatic heterocycles. The summed E-state index contributed by atoms with van der Waals surface area (Å²) in [5.41, 5.74) is 0.471. The summed E-state index contributed by atoms with van der Waals surface area (Å²) in [6.07, 6.45) is 0. The summed E-state index contributed by atoms with van der Waals surface area (Å²) in [6, 6.07) is 7.97. The van der Waals surface area contributed by atoms with Crippen LogP contribution in [0.15, 0.2) is 46.6 Å². The minimum absolute atomic E-state index is 0.00190. The van der Waals surface area contributed by atoms with Gasteiger partial charge in [-0.25, -0.2) is 0 Å². The molecule has 0 heterocycles. The number of azo groups is 1. The van der Waals surface area contributed by atoms with E-state index in [1.165, 1.54) is 36.4 Å². The zero-order valence-electron chi connectivity index (χ0n) is 10.6. The van der Waals surface area contributed by atoms with Gasteiger partial charge < -0.3 is 9.29 Å². The van der Waals surface area contributed by atoms with Gasteiger partial charge in [-0.3, -0.25) is 0 Å². The first-order valence-electron chi connectivity index (χ1n) is 5.58. The molecule has 0 fully saturated rings. The molecule has 0 bridgehead atoms. The molecule has 0 atom stereocenters. The fourth-order valence-electron chi connectivity index (χ4n) is 1.44. The molecule has 22 heavy (non-hydrogen) atoms. The standard InChI is InChI=1S/C12H7Cl2FN2O4S/c13-10-5-8(6-11(14)12(10)18)17-16-7-2-1-3-9(4-7)21-22(15,19)20/h1-6,18H/b17-16+. The predicted octanol–water partition coefficient (Wildman–Crippen LogP) is 4.71. The van der Waals surface area contributed by atoms with Crippen LogP contribution in [0.2, 0.25) is 10.0 Å². The second-order valence-corrected chi connectivity index (χ2v) is 5.70. The normalized spacial score (nSPS) is 11.8. The van der Waals surface area contributed by atoms with Gasteiger partial charge in [-0.05, 0) is 24.3 Å². The summed E-state index contributed by atoms with van der Waals surface area (Å²) in [5.74, 6) is -0.522. The minimum atomic E-state index is -5.11. The fourth-order valence-corrected chi connectivity index (χ4v) is 2.25. The van der Waals surface area contributed by atoms with Crippen LogP contribution in [0, 0.1) is 0 Å². The highest BCUT2D eigenvalue weighted by atomic mass is 35.5. The van der Waals surface area contributed by atoms with Crippen molar-refractivity contribution in [2.45, 2.75) is 0 Å². The molecule has 10 heteroatoms. The van der Waals surface area contributed by atoms with Crippen LogP contribution in [0.25, 0.3) is 0 Å². The molecule has 6 nitrogen and oxygen atoms in total. The van der Waals surface area contributed by atoms with E-state index in [4.69, 9.17) is 23.2 Å². The third kappa shape index (κ3) is 4.55. The molecular formula is C12H7Cl2FN2O4S. The number of hydrogen-bond acceptors (Lipinski definition) is 6. The van der Waals surface area contributed by atoms with Crippen LogP contribution in [0.3, 0.4) is 0 Å². The van der Waals surface area contributed by atoms with Gasteiger partial charge in [0.1, 0.15) is 5.75 Å². The van der Waals surface area contributed by atoms with Gasteiger partial charge in [0.2, 0.25) is 0 Å². The molecule has 116 valence electrons. The van der Waals surface area contributed by atoms with Crippen LogP contribution in [0.1, 0.15) is 0 Å². The Morgan fingerprint density at radius 3 is 2.23 bits per heavy atom. The summed E-state index contributed by atoms with van der Waals surface area (Å²) in [5, 5.41) is 17.1. The average Bonchev–Trinajstić information content (AvgIpc) is 2.41. The van der Waals surface area contributed by atoms with Gasteiger partial charge in [-0.15, -0.1) is 0 Å². The Balaban J connectivity index is 2.25. The Kier molecular flexibility index (Phi) is 4.84. The van der Waals surface area contributed by atoms with Crippen molar-refractivity contribution in [2.24, 2.45) is 10.2 Å². The summed E-state index contributed by atoms with van der Waals surface area (Å²) in [4.78, 5) is 0. The van der Waals surface area contributed by atoms with Crippen molar-refractivity contribution in [3.63, 3.8) is 0 Å². The van der Waals surface area contributed by atoms with Gasteiger partial charge in [0, 0.05) is 6.07 Å². The van der Waals surface area contributed by atoms with E-state index in [0.29, 0.717) is 0 Å². The van der Waals surface area contributed by atoms with Crippen LogP contribution in [-0.2, 0) is 10.5 Å². The molecule has 0 radical (unpaired) electrons. The maximum atomic E-state index is 12.4. The number of benzene rings is 2. The molecule has 0 saturated heterocycles. The maximum Gasteiger partial charge on any atom is 0.488 e. The van der Waals surface area contributed by atoms with Crippen molar-refractivity contribution in [2.75, 3.05) is 0 Å². The smallest absolute Gasteiger partial charge is 0.488 e. The zero-order chi connectivity index (χ0) is 16.3. The van der Waals surface area contributed by atoms with Crippen LogP contribution in [-0.4, -0.2) is 13.5 Å². The topological polar surface area (TPSA) is 88.3 Å². The number of halogens is 3. The molecule has 1 N–H and O–H groups in total.